The molecule has 0 bridgehead atoms. The minimum atomic E-state index is -0.680. The van der Waals surface area contributed by atoms with Crippen LogP contribution in [0.3, 0.4) is 0 Å². The van der Waals surface area contributed by atoms with Gasteiger partial charge in [0.25, 0.3) is 0 Å². The maximum Gasteiger partial charge on any atom is 0.246 e. The molecule has 1 atom stereocenters. The fourth-order valence-electron chi connectivity index (χ4n) is 1.71. The molecule has 0 saturated heterocycles. The lowest BCUT2D eigenvalue weighted by molar-refractivity contribution is -0.119. The number of primary amides is 1. The van der Waals surface area contributed by atoms with E-state index in [1.165, 1.54) is 0 Å². The van der Waals surface area contributed by atoms with Crippen molar-refractivity contribution < 1.29 is 4.79 Å². The summed E-state index contributed by atoms with van der Waals surface area (Å²) in [7, 11) is 0. The third-order valence-corrected chi connectivity index (χ3v) is 2.84. The predicted molar refractivity (Wildman–Crippen MR) is 77.4 cm³/mol. The molecule has 2 aromatic carbocycles. The first-order chi connectivity index (χ1) is 9.16. The largest absolute Gasteiger partial charge is 0.368 e. The predicted octanol–water partition coefficient (Wildman–Crippen LogP) is 2.99. The van der Waals surface area contributed by atoms with Gasteiger partial charge in [-0.25, -0.2) is 0 Å². The average Bonchev–Trinajstić information content (AvgIpc) is 2.40. The van der Waals surface area contributed by atoms with Crippen LogP contribution in [-0.4, -0.2) is 12.1 Å². The van der Waals surface area contributed by atoms with E-state index in [0.717, 1.165) is 11.1 Å². The highest BCUT2D eigenvalue weighted by Crippen LogP contribution is 2.17. The van der Waals surface area contributed by atoms with Gasteiger partial charge in [-0.3, -0.25) is 9.79 Å². The molecule has 0 radical (unpaired) electrons. The summed E-state index contributed by atoms with van der Waals surface area (Å²) in [4.78, 5) is 15.7. The zero-order valence-electron chi connectivity index (χ0n) is 10.2. The second-order valence-electron chi connectivity index (χ2n) is 4.05. The third kappa shape index (κ3) is 3.66. The molecule has 0 fully saturated rings. The van der Waals surface area contributed by atoms with Crippen molar-refractivity contribution in [2.75, 3.05) is 0 Å². The Morgan fingerprint density at radius 2 is 1.89 bits per heavy atom. The van der Waals surface area contributed by atoms with Crippen LogP contribution in [0.25, 0.3) is 0 Å². The quantitative estimate of drug-likeness (QED) is 0.855. The number of hydrogen-bond acceptors (Lipinski definition) is 2. The van der Waals surface area contributed by atoms with E-state index in [1.807, 2.05) is 42.5 Å². The Labute approximate surface area is 116 Å². The summed E-state index contributed by atoms with van der Waals surface area (Å²) < 4.78 is 0. The molecule has 4 heteroatoms. The molecule has 96 valence electrons. The molecule has 0 saturated carbocycles. The zero-order chi connectivity index (χ0) is 13.7. The van der Waals surface area contributed by atoms with Crippen molar-refractivity contribution >= 4 is 23.7 Å². The molecule has 3 nitrogen and oxygen atoms in total. The molecule has 0 aliphatic carbocycles. The van der Waals surface area contributed by atoms with Crippen molar-refractivity contribution in [3.63, 3.8) is 0 Å². The van der Waals surface area contributed by atoms with Crippen LogP contribution in [-0.2, 0) is 4.79 Å². The first-order valence-corrected chi connectivity index (χ1v) is 6.17. The van der Waals surface area contributed by atoms with E-state index < -0.39 is 11.9 Å². The first-order valence-electron chi connectivity index (χ1n) is 5.80. The summed E-state index contributed by atoms with van der Waals surface area (Å²) in [6.45, 7) is 0. The van der Waals surface area contributed by atoms with Gasteiger partial charge >= 0.3 is 0 Å². The molecule has 19 heavy (non-hydrogen) atoms. The molecular formula is C15H13ClN2O. The summed E-state index contributed by atoms with van der Waals surface area (Å²) in [5, 5.41) is 0.624. The molecule has 2 aromatic rings. The minimum Gasteiger partial charge on any atom is -0.368 e. The molecule has 0 aromatic heterocycles. The maximum atomic E-state index is 11.5. The standard InChI is InChI=1S/C15H13ClN2O/c16-13-8-4-5-11(9-13)10-18-14(15(17)19)12-6-2-1-3-7-12/h1-10,14H,(H2,17,19)/t14-/m0/s1. The Morgan fingerprint density at radius 1 is 1.16 bits per heavy atom. The fraction of sp³-hybridized carbons (Fsp3) is 0.0667. The lowest BCUT2D eigenvalue weighted by atomic mass is 10.1. The minimum absolute atomic E-state index is 0.482. The van der Waals surface area contributed by atoms with Gasteiger partial charge in [0.1, 0.15) is 0 Å². The molecule has 1 amide bonds. The Bertz CT molecular complexity index is 596. The lowest BCUT2D eigenvalue weighted by Crippen LogP contribution is -2.20. The van der Waals surface area contributed by atoms with Gasteiger partial charge in [0.15, 0.2) is 6.04 Å². The molecule has 0 heterocycles. The first kappa shape index (κ1) is 13.3. The van der Waals surface area contributed by atoms with Gasteiger partial charge < -0.3 is 5.73 Å². The maximum absolute atomic E-state index is 11.5. The normalized spacial score (nSPS) is 12.5. The second kappa shape index (κ2) is 6.16. The topological polar surface area (TPSA) is 55.5 Å². The van der Waals surface area contributed by atoms with Gasteiger partial charge in [-0.1, -0.05) is 54.1 Å². The number of carbonyl (C=O) groups excluding carboxylic acids is 1. The number of amides is 1. The third-order valence-electron chi connectivity index (χ3n) is 2.61. The number of nitrogens with two attached hydrogens (primary N) is 1. The van der Waals surface area contributed by atoms with E-state index in [1.54, 1.807) is 18.3 Å². The monoisotopic (exact) mass is 272 g/mol. The number of carbonyl (C=O) groups is 1. The van der Waals surface area contributed by atoms with E-state index in [9.17, 15) is 4.79 Å². The van der Waals surface area contributed by atoms with Crippen LogP contribution in [0.2, 0.25) is 5.02 Å². The van der Waals surface area contributed by atoms with Crippen LogP contribution in [0.4, 0.5) is 0 Å². The Hall–Kier alpha value is -2.13. The van der Waals surface area contributed by atoms with Crippen LogP contribution >= 0.6 is 11.6 Å². The summed E-state index contributed by atoms with van der Waals surface area (Å²) in [6.07, 6.45) is 1.61. The Balaban J connectivity index is 2.25. The number of benzene rings is 2. The number of halogens is 1. The van der Waals surface area contributed by atoms with Crippen LogP contribution in [0.15, 0.2) is 59.6 Å². The molecule has 0 aliphatic rings. The molecule has 0 unspecified atom stereocenters. The van der Waals surface area contributed by atoms with E-state index in [-0.39, 0.29) is 0 Å². The summed E-state index contributed by atoms with van der Waals surface area (Å²) >= 11 is 5.89. The van der Waals surface area contributed by atoms with E-state index >= 15 is 0 Å². The van der Waals surface area contributed by atoms with Crippen molar-refractivity contribution in [3.8, 4) is 0 Å². The lowest BCUT2D eigenvalue weighted by Gasteiger charge is -2.08. The molecule has 0 spiro atoms. The summed E-state index contributed by atoms with van der Waals surface area (Å²) in [5.41, 5.74) is 6.98. The molecule has 2 rings (SSSR count). The summed E-state index contributed by atoms with van der Waals surface area (Å²) in [6, 6.07) is 15.8. The number of rotatable bonds is 4. The smallest absolute Gasteiger partial charge is 0.246 e. The van der Waals surface area contributed by atoms with Crippen LogP contribution < -0.4 is 5.73 Å². The Kier molecular flexibility index (Phi) is 4.31. The average molecular weight is 273 g/mol. The highest BCUT2D eigenvalue weighted by molar-refractivity contribution is 6.30. The number of nitrogens with zero attached hydrogens (tertiary/aromatic N) is 1. The van der Waals surface area contributed by atoms with E-state index in [0.29, 0.717) is 5.02 Å². The van der Waals surface area contributed by atoms with Crippen molar-refractivity contribution in [2.45, 2.75) is 6.04 Å². The fourth-order valence-corrected chi connectivity index (χ4v) is 1.91. The second-order valence-corrected chi connectivity index (χ2v) is 4.49. The number of hydrogen-bond donors (Lipinski definition) is 1. The van der Waals surface area contributed by atoms with Gasteiger partial charge in [0.05, 0.1) is 0 Å². The summed E-state index contributed by atoms with van der Waals surface area (Å²) in [5.74, 6) is -0.482. The highest BCUT2D eigenvalue weighted by Gasteiger charge is 2.14. The van der Waals surface area contributed by atoms with Gasteiger partial charge in [-0.15, -0.1) is 0 Å². The molecular weight excluding hydrogens is 260 g/mol. The van der Waals surface area contributed by atoms with Crippen molar-refractivity contribution in [1.29, 1.82) is 0 Å². The van der Waals surface area contributed by atoms with E-state index in [2.05, 4.69) is 4.99 Å². The van der Waals surface area contributed by atoms with Crippen molar-refractivity contribution in [3.05, 3.63) is 70.7 Å². The van der Waals surface area contributed by atoms with Crippen molar-refractivity contribution in [2.24, 2.45) is 10.7 Å². The van der Waals surface area contributed by atoms with Crippen LogP contribution in [0, 0.1) is 0 Å². The molecule has 2 N–H and O–H groups in total. The van der Waals surface area contributed by atoms with Crippen LogP contribution in [0.1, 0.15) is 17.2 Å². The van der Waals surface area contributed by atoms with Gasteiger partial charge in [-0.2, -0.15) is 0 Å². The van der Waals surface area contributed by atoms with Gasteiger partial charge in [0.2, 0.25) is 5.91 Å². The molecule has 0 aliphatic heterocycles. The van der Waals surface area contributed by atoms with E-state index in [4.69, 9.17) is 17.3 Å². The zero-order valence-corrected chi connectivity index (χ0v) is 10.9. The van der Waals surface area contributed by atoms with Gasteiger partial charge in [-0.05, 0) is 23.3 Å². The van der Waals surface area contributed by atoms with Crippen LogP contribution in [0.5, 0.6) is 0 Å². The number of aliphatic imine (C=N–C) groups is 1. The van der Waals surface area contributed by atoms with Gasteiger partial charge in [0, 0.05) is 11.2 Å². The SMILES string of the molecule is NC(=O)[C@@H](N=Cc1cccc(Cl)c1)c1ccccc1. The van der Waals surface area contributed by atoms with Crippen molar-refractivity contribution in [1.82, 2.24) is 0 Å². The highest BCUT2D eigenvalue weighted by atomic mass is 35.5. The Morgan fingerprint density at radius 3 is 2.53 bits per heavy atom.